The molecule has 3 heterocycles. The molecule has 1 aliphatic heterocycles. The van der Waals surface area contributed by atoms with Crippen molar-refractivity contribution in [2.75, 3.05) is 26.8 Å². The van der Waals surface area contributed by atoms with E-state index in [0.29, 0.717) is 55.3 Å². The molecule has 3 aromatic rings. The fourth-order valence-corrected chi connectivity index (χ4v) is 4.81. The maximum atomic E-state index is 13.8. The van der Waals surface area contributed by atoms with Crippen molar-refractivity contribution in [3.8, 4) is 11.5 Å². The molecule has 0 aliphatic carbocycles. The highest BCUT2D eigenvalue weighted by Gasteiger charge is 2.34. The number of likely N-dealkylation sites (tertiary alicyclic amines) is 1. The fourth-order valence-electron chi connectivity index (χ4n) is 4.81. The maximum Gasteiger partial charge on any atom is 0.309 e. The maximum absolute atomic E-state index is 13.8. The number of hydrogen-bond donors (Lipinski definition) is 1. The number of aryl methyl sites for hydroxylation is 1. The smallest absolute Gasteiger partial charge is 0.309 e. The van der Waals surface area contributed by atoms with Gasteiger partial charge in [0, 0.05) is 5.69 Å². The number of carbonyl (C=O) groups is 1. The molecule has 1 aliphatic rings. The zero-order chi connectivity index (χ0) is 24.9. The average Bonchev–Trinajstić information content (AvgIpc) is 3.38. The van der Waals surface area contributed by atoms with E-state index < -0.39 is 6.04 Å². The number of aromatic nitrogens is 1. The Hall–Kier alpha value is -3.52. The summed E-state index contributed by atoms with van der Waals surface area (Å²) in [6.07, 6.45) is 2.81. The second-order valence-corrected chi connectivity index (χ2v) is 8.80. The number of rotatable bonds is 8. The fraction of sp³-hybridized carbons (Fsp3) is 0.407. The summed E-state index contributed by atoms with van der Waals surface area (Å²) in [6.45, 7) is 5.38. The summed E-state index contributed by atoms with van der Waals surface area (Å²) in [7, 11) is 1.60. The molecular formula is C27H32N2O6. The number of ether oxygens (including phenoxy) is 2. The Bertz CT molecular complexity index is 1210. The zero-order valence-electron chi connectivity index (χ0n) is 20.4. The van der Waals surface area contributed by atoms with Crippen molar-refractivity contribution < 1.29 is 23.8 Å². The van der Waals surface area contributed by atoms with E-state index in [-0.39, 0.29) is 29.7 Å². The van der Waals surface area contributed by atoms with Gasteiger partial charge in [-0.15, -0.1) is 0 Å². The molecule has 0 radical (unpaired) electrons. The van der Waals surface area contributed by atoms with Crippen molar-refractivity contribution in [2.45, 2.75) is 39.3 Å². The van der Waals surface area contributed by atoms with E-state index in [0.717, 1.165) is 5.56 Å². The van der Waals surface area contributed by atoms with E-state index in [1.54, 1.807) is 43.9 Å². The quantitative estimate of drug-likeness (QED) is 0.489. The number of carbonyl (C=O) groups excluding carboxylic acids is 1. The standard InChI is InChI=1S/C27H32N2O6/c1-4-34-27(32)19-10-12-28(13-11-19)25(20-7-5-8-21(16-20)33-3)24-23(30)15-18(2)29(26(24)31)17-22-9-6-14-35-22/h5-9,14-16,19,25,30H,4,10-13,17H2,1-3H3/t25-/m0/s1. The molecule has 8 heteroatoms. The van der Waals surface area contributed by atoms with Gasteiger partial charge in [0.2, 0.25) is 0 Å². The Morgan fingerprint density at radius 1 is 1.20 bits per heavy atom. The van der Waals surface area contributed by atoms with Crippen LogP contribution in [0.1, 0.15) is 48.4 Å². The molecule has 0 spiro atoms. The van der Waals surface area contributed by atoms with Crippen molar-refractivity contribution >= 4 is 5.97 Å². The summed E-state index contributed by atoms with van der Waals surface area (Å²) in [6, 6.07) is 12.2. The van der Waals surface area contributed by atoms with Gasteiger partial charge in [-0.25, -0.2) is 0 Å². The first-order valence-electron chi connectivity index (χ1n) is 11.9. The van der Waals surface area contributed by atoms with Crippen LogP contribution in [-0.2, 0) is 16.1 Å². The molecule has 8 nitrogen and oxygen atoms in total. The number of furan rings is 1. The third kappa shape index (κ3) is 5.27. The first kappa shape index (κ1) is 24.6. The van der Waals surface area contributed by atoms with Crippen molar-refractivity contribution in [1.82, 2.24) is 9.47 Å². The van der Waals surface area contributed by atoms with Crippen LogP contribution in [0.25, 0.3) is 0 Å². The number of pyridine rings is 1. The van der Waals surface area contributed by atoms with Gasteiger partial charge in [0.25, 0.3) is 5.56 Å². The van der Waals surface area contributed by atoms with Crippen LogP contribution < -0.4 is 10.3 Å². The Balaban J connectivity index is 1.76. The number of benzene rings is 1. The van der Waals surface area contributed by atoms with Crippen LogP contribution in [0.4, 0.5) is 0 Å². The van der Waals surface area contributed by atoms with Crippen molar-refractivity contribution in [3.63, 3.8) is 0 Å². The van der Waals surface area contributed by atoms with Crippen LogP contribution >= 0.6 is 0 Å². The molecule has 35 heavy (non-hydrogen) atoms. The monoisotopic (exact) mass is 480 g/mol. The number of nitrogens with zero attached hydrogens (tertiary/aromatic N) is 2. The Kier molecular flexibility index (Phi) is 7.60. The third-order valence-corrected chi connectivity index (χ3v) is 6.61. The number of hydrogen-bond acceptors (Lipinski definition) is 7. The summed E-state index contributed by atoms with van der Waals surface area (Å²) in [5, 5.41) is 11.1. The minimum absolute atomic E-state index is 0.0523. The van der Waals surface area contributed by atoms with E-state index in [4.69, 9.17) is 13.9 Å². The molecule has 0 saturated carbocycles. The first-order valence-corrected chi connectivity index (χ1v) is 11.9. The molecule has 0 unspecified atom stereocenters. The largest absolute Gasteiger partial charge is 0.507 e. The molecule has 1 N–H and O–H groups in total. The van der Waals surface area contributed by atoms with Crippen LogP contribution in [-0.4, -0.2) is 47.3 Å². The van der Waals surface area contributed by atoms with Gasteiger partial charge in [-0.2, -0.15) is 0 Å². The lowest BCUT2D eigenvalue weighted by Crippen LogP contribution is -2.42. The summed E-state index contributed by atoms with van der Waals surface area (Å²) in [5.41, 5.74) is 1.49. The van der Waals surface area contributed by atoms with Crippen LogP contribution in [0, 0.1) is 12.8 Å². The molecule has 1 aromatic carbocycles. The number of aromatic hydroxyl groups is 1. The first-order chi connectivity index (χ1) is 16.9. The summed E-state index contributed by atoms with van der Waals surface area (Å²) in [4.78, 5) is 28.3. The van der Waals surface area contributed by atoms with Crippen molar-refractivity contribution in [3.05, 3.63) is 81.7 Å². The second-order valence-electron chi connectivity index (χ2n) is 8.80. The predicted molar refractivity (Wildman–Crippen MR) is 131 cm³/mol. The van der Waals surface area contributed by atoms with Crippen LogP contribution in [0.5, 0.6) is 11.5 Å². The molecule has 2 aromatic heterocycles. The number of piperidine rings is 1. The third-order valence-electron chi connectivity index (χ3n) is 6.61. The summed E-state index contributed by atoms with van der Waals surface area (Å²) in [5.74, 6) is 0.920. The molecule has 1 saturated heterocycles. The lowest BCUT2D eigenvalue weighted by Gasteiger charge is -2.37. The minimum atomic E-state index is -0.510. The van der Waals surface area contributed by atoms with Crippen LogP contribution in [0.3, 0.4) is 0 Å². The molecule has 1 fully saturated rings. The van der Waals surface area contributed by atoms with Gasteiger partial charge in [0.05, 0.1) is 44.0 Å². The van der Waals surface area contributed by atoms with Crippen molar-refractivity contribution in [2.24, 2.45) is 5.92 Å². The van der Waals surface area contributed by atoms with E-state index >= 15 is 0 Å². The van der Waals surface area contributed by atoms with E-state index in [2.05, 4.69) is 4.90 Å². The van der Waals surface area contributed by atoms with E-state index in [9.17, 15) is 14.7 Å². The highest BCUT2D eigenvalue weighted by molar-refractivity contribution is 5.72. The lowest BCUT2D eigenvalue weighted by molar-refractivity contribution is -0.149. The molecule has 186 valence electrons. The summed E-state index contributed by atoms with van der Waals surface area (Å²) >= 11 is 0. The highest BCUT2D eigenvalue weighted by Crippen LogP contribution is 2.36. The molecule has 0 bridgehead atoms. The van der Waals surface area contributed by atoms with Gasteiger partial charge in [0.1, 0.15) is 17.3 Å². The highest BCUT2D eigenvalue weighted by atomic mass is 16.5. The van der Waals surface area contributed by atoms with Gasteiger partial charge in [-0.1, -0.05) is 12.1 Å². The average molecular weight is 481 g/mol. The molecule has 4 rings (SSSR count). The molecule has 0 amide bonds. The van der Waals surface area contributed by atoms with Gasteiger partial charge >= 0.3 is 5.97 Å². The van der Waals surface area contributed by atoms with Gasteiger partial charge < -0.3 is 23.6 Å². The van der Waals surface area contributed by atoms with Gasteiger partial charge in [-0.3, -0.25) is 14.5 Å². The van der Waals surface area contributed by atoms with Gasteiger partial charge in [0.15, 0.2) is 0 Å². The SMILES string of the molecule is CCOC(=O)C1CCN([C@@H](c2cccc(OC)c2)c2c(O)cc(C)n(Cc3ccco3)c2=O)CC1. The van der Waals surface area contributed by atoms with Crippen LogP contribution in [0.2, 0.25) is 0 Å². The number of methoxy groups -OCH3 is 1. The summed E-state index contributed by atoms with van der Waals surface area (Å²) < 4.78 is 17.7. The number of esters is 1. The second kappa shape index (κ2) is 10.8. The topological polar surface area (TPSA) is 94.1 Å². The van der Waals surface area contributed by atoms with E-state index in [1.807, 2.05) is 30.3 Å². The lowest BCUT2D eigenvalue weighted by atomic mass is 9.91. The van der Waals surface area contributed by atoms with Crippen LogP contribution in [0.15, 0.2) is 57.9 Å². The minimum Gasteiger partial charge on any atom is -0.507 e. The Morgan fingerprint density at radius 2 is 1.97 bits per heavy atom. The molecular weight excluding hydrogens is 448 g/mol. The normalized spacial score (nSPS) is 15.6. The van der Waals surface area contributed by atoms with Gasteiger partial charge in [-0.05, 0) is 75.7 Å². The Labute approximate surface area is 204 Å². The zero-order valence-corrected chi connectivity index (χ0v) is 20.4. The van der Waals surface area contributed by atoms with Crippen molar-refractivity contribution in [1.29, 1.82) is 0 Å². The van der Waals surface area contributed by atoms with E-state index in [1.165, 1.54) is 0 Å². The predicted octanol–water partition coefficient (Wildman–Crippen LogP) is 3.88. The Morgan fingerprint density at radius 3 is 2.63 bits per heavy atom. The molecule has 1 atom stereocenters.